The number of fused-ring (bicyclic) bond motifs is 3. The lowest BCUT2D eigenvalue weighted by atomic mass is 9.80. The molecule has 0 amide bonds. The van der Waals surface area contributed by atoms with Crippen molar-refractivity contribution < 1.29 is 50.1 Å². The third-order valence-electron chi connectivity index (χ3n) is 4.97. The molecule has 0 N–H and O–H groups in total. The molecule has 0 aliphatic carbocycles. The highest BCUT2D eigenvalue weighted by Gasteiger charge is 2.50. The topological polar surface area (TPSA) is 37.1 Å². The average molecular weight is 483 g/mol. The van der Waals surface area contributed by atoms with E-state index >= 15 is 0 Å². The van der Waals surface area contributed by atoms with Gasteiger partial charge in [0.1, 0.15) is 7.05 Å². The van der Waals surface area contributed by atoms with Crippen molar-refractivity contribution in [2.24, 2.45) is 0 Å². The van der Waals surface area contributed by atoms with Crippen LogP contribution in [0.3, 0.4) is 0 Å². The predicted molar refractivity (Wildman–Crippen MR) is 86.7 cm³/mol. The largest absolute Gasteiger partial charge is 1.00 e. The summed E-state index contributed by atoms with van der Waals surface area (Å²) in [6, 6.07) is 7.51. The van der Waals surface area contributed by atoms with Crippen LogP contribution in [0.5, 0.6) is 0 Å². The maximum absolute atomic E-state index is 13.1. The zero-order valence-electron chi connectivity index (χ0n) is 14.1. The number of hydrogen-bond acceptors (Lipinski definition) is 2. The summed E-state index contributed by atoms with van der Waals surface area (Å²) < 4.78 is 65.2. The average Bonchev–Trinajstić information content (AvgIpc) is 2.66. The standard InChI is InChI=1S/C17H17F3NO2S.HI/c1-10-16(2,3)15-12-8-6-5-7-11(12)14(9-13(15)21(10)4)24(22,23)17(18,19)20;/h5-9H,1-4H3;1H/q+1;/p-1. The SMILES string of the molecule is CC1=[N+](C)c2cc(S(=O)(=O)C(F)(F)F)c3ccccc3c2C1(C)C.[I-]. The van der Waals surface area contributed by atoms with E-state index in [9.17, 15) is 21.6 Å². The van der Waals surface area contributed by atoms with Gasteiger partial charge in [0.05, 0.1) is 10.3 Å². The van der Waals surface area contributed by atoms with Crippen LogP contribution in [0.25, 0.3) is 10.8 Å². The first-order chi connectivity index (χ1) is 10.9. The Kier molecular flexibility index (Phi) is 4.79. The number of hydrogen-bond donors (Lipinski definition) is 0. The van der Waals surface area contributed by atoms with E-state index in [1.54, 1.807) is 29.8 Å². The maximum atomic E-state index is 13.1. The smallest absolute Gasteiger partial charge is 0.501 e. The maximum Gasteiger partial charge on any atom is 0.501 e. The lowest BCUT2D eigenvalue weighted by Gasteiger charge is -2.19. The predicted octanol–water partition coefficient (Wildman–Crippen LogP) is 1.16. The number of rotatable bonds is 1. The molecule has 0 bridgehead atoms. The van der Waals surface area contributed by atoms with E-state index in [4.69, 9.17) is 0 Å². The molecular weight excluding hydrogens is 466 g/mol. The summed E-state index contributed by atoms with van der Waals surface area (Å²) in [4.78, 5) is -0.693. The van der Waals surface area contributed by atoms with Gasteiger partial charge >= 0.3 is 5.51 Å². The Morgan fingerprint density at radius 2 is 1.60 bits per heavy atom. The van der Waals surface area contributed by atoms with Crippen LogP contribution in [0.2, 0.25) is 0 Å². The second-order valence-corrected chi connectivity index (χ2v) is 8.44. The van der Waals surface area contributed by atoms with E-state index in [1.807, 2.05) is 20.8 Å². The van der Waals surface area contributed by atoms with Crippen molar-refractivity contribution in [3.63, 3.8) is 0 Å². The lowest BCUT2D eigenvalue weighted by Crippen LogP contribution is -3.00. The van der Waals surface area contributed by atoms with Gasteiger partial charge in [0.15, 0.2) is 5.71 Å². The fraction of sp³-hybridized carbons (Fsp3) is 0.353. The normalized spacial score (nSPS) is 16.8. The van der Waals surface area contributed by atoms with Crippen LogP contribution in [-0.4, -0.2) is 31.3 Å². The Labute approximate surface area is 161 Å². The minimum atomic E-state index is -5.44. The van der Waals surface area contributed by atoms with Crippen molar-refractivity contribution in [1.29, 1.82) is 0 Å². The zero-order valence-corrected chi connectivity index (χ0v) is 17.0. The van der Waals surface area contributed by atoms with Crippen molar-refractivity contribution in [2.75, 3.05) is 7.05 Å². The van der Waals surface area contributed by atoms with Gasteiger partial charge in [-0.05, 0) is 19.2 Å². The fourth-order valence-corrected chi connectivity index (χ4v) is 4.36. The van der Waals surface area contributed by atoms with E-state index < -0.39 is 25.7 Å². The Morgan fingerprint density at radius 3 is 2.12 bits per heavy atom. The van der Waals surface area contributed by atoms with Gasteiger partial charge in [0, 0.05) is 23.9 Å². The summed E-state index contributed by atoms with van der Waals surface area (Å²) >= 11 is 0. The Hall–Kier alpha value is -1.16. The van der Waals surface area contributed by atoms with Crippen molar-refractivity contribution >= 4 is 32.0 Å². The lowest BCUT2D eigenvalue weighted by molar-refractivity contribution is -0.403. The highest BCUT2D eigenvalue weighted by Crippen LogP contribution is 2.46. The van der Waals surface area contributed by atoms with Gasteiger partial charge in [-0.15, -0.1) is 0 Å². The quantitative estimate of drug-likeness (QED) is 0.451. The van der Waals surface area contributed by atoms with Crippen molar-refractivity contribution in [1.82, 2.24) is 0 Å². The van der Waals surface area contributed by atoms with Gasteiger partial charge in [0.2, 0.25) is 5.69 Å². The zero-order chi connectivity index (χ0) is 18.1. The van der Waals surface area contributed by atoms with E-state index in [-0.39, 0.29) is 29.4 Å². The molecule has 1 aliphatic heterocycles. The van der Waals surface area contributed by atoms with Crippen LogP contribution in [-0.2, 0) is 15.3 Å². The summed E-state index contributed by atoms with van der Waals surface area (Å²) in [5, 5.41) is 0.635. The highest BCUT2D eigenvalue weighted by molar-refractivity contribution is 7.92. The first kappa shape index (κ1) is 20.2. The first-order valence-corrected chi connectivity index (χ1v) is 8.84. The molecule has 1 aliphatic rings. The van der Waals surface area contributed by atoms with Gasteiger partial charge in [-0.25, -0.2) is 13.0 Å². The summed E-state index contributed by atoms with van der Waals surface area (Å²) in [5.74, 6) is 0. The molecule has 0 fully saturated rings. The number of sulfone groups is 1. The van der Waals surface area contributed by atoms with Crippen LogP contribution in [0.4, 0.5) is 18.9 Å². The summed E-state index contributed by atoms with van der Waals surface area (Å²) in [7, 11) is -3.70. The monoisotopic (exact) mass is 483 g/mol. The molecule has 2 aromatic rings. The molecule has 0 spiro atoms. The Morgan fingerprint density at radius 1 is 1.08 bits per heavy atom. The molecule has 2 aromatic carbocycles. The molecule has 0 saturated heterocycles. The second kappa shape index (κ2) is 5.94. The van der Waals surface area contributed by atoms with E-state index in [0.29, 0.717) is 11.1 Å². The van der Waals surface area contributed by atoms with Crippen LogP contribution in [0, 0.1) is 0 Å². The van der Waals surface area contributed by atoms with Gasteiger partial charge in [0.25, 0.3) is 9.84 Å². The number of alkyl halides is 3. The molecule has 25 heavy (non-hydrogen) atoms. The van der Waals surface area contributed by atoms with Gasteiger partial charge < -0.3 is 24.0 Å². The van der Waals surface area contributed by atoms with Crippen LogP contribution < -0.4 is 24.0 Å². The molecule has 0 saturated carbocycles. The van der Waals surface area contributed by atoms with Gasteiger partial charge in [-0.3, -0.25) is 0 Å². The molecule has 8 heteroatoms. The first-order valence-electron chi connectivity index (χ1n) is 7.36. The van der Waals surface area contributed by atoms with Gasteiger partial charge in [-0.2, -0.15) is 13.2 Å². The molecule has 1 heterocycles. The van der Waals surface area contributed by atoms with Crippen molar-refractivity contribution in [3.05, 3.63) is 35.9 Å². The molecule has 0 unspecified atom stereocenters. The Balaban J connectivity index is 0.00000225. The molecule has 0 aromatic heterocycles. The van der Waals surface area contributed by atoms with Crippen molar-refractivity contribution in [3.8, 4) is 0 Å². The Bertz CT molecular complexity index is 1010. The molecule has 136 valence electrons. The summed E-state index contributed by atoms with van der Waals surface area (Å²) in [6.45, 7) is 5.86. The molecular formula is C17H17F3INO2S. The molecule has 0 atom stereocenters. The fourth-order valence-electron chi connectivity index (χ4n) is 3.38. The van der Waals surface area contributed by atoms with E-state index in [2.05, 4.69) is 0 Å². The van der Waals surface area contributed by atoms with Crippen LogP contribution >= 0.6 is 0 Å². The van der Waals surface area contributed by atoms with E-state index in [1.165, 1.54) is 6.07 Å². The third kappa shape index (κ3) is 2.68. The van der Waals surface area contributed by atoms with Crippen LogP contribution in [0.15, 0.2) is 35.2 Å². The van der Waals surface area contributed by atoms with E-state index in [0.717, 1.165) is 17.3 Å². The minimum absolute atomic E-state index is 0. The van der Waals surface area contributed by atoms with Crippen LogP contribution in [0.1, 0.15) is 26.3 Å². The van der Waals surface area contributed by atoms with Gasteiger partial charge in [-0.1, -0.05) is 24.3 Å². The summed E-state index contributed by atoms with van der Waals surface area (Å²) in [6.07, 6.45) is 0. The molecule has 3 rings (SSSR count). The molecule has 3 nitrogen and oxygen atoms in total. The summed E-state index contributed by atoms with van der Waals surface area (Å²) in [5.41, 5.74) is -3.44. The minimum Gasteiger partial charge on any atom is -1.00 e. The second-order valence-electron chi connectivity index (χ2n) is 6.53. The highest BCUT2D eigenvalue weighted by atomic mass is 127. The number of halogens is 4. The number of benzene rings is 2. The third-order valence-corrected chi connectivity index (χ3v) is 6.50. The van der Waals surface area contributed by atoms with Crippen molar-refractivity contribution in [2.45, 2.75) is 36.6 Å². The molecule has 0 radical (unpaired) electrons. The number of nitrogens with zero attached hydrogens (tertiary/aromatic N) is 1.